The molecule has 2 N–H and O–H groups in total. The van der Waals surface area contributed by atoms with Crippen LogP contribution in [0.4, 0.5) is 5.69 Å². The van der Waals surface area contributed by atoms with Gasteiger partial charge in [-0.1, -0.05) is 17.7 Å². The zero-order valence-corrected chi connectivity index (χ0v) is 10.8. The molecular weight excluding hydrogens is 228 g/mol. The van der Waals surface area contributed by atoms with Crippen LogP contribution in [0.3, 0.4) is 0 Å². The first-order valence-electron chi connectivity index (χ1n) is 6.39. The van der Waals surface area contributed by atoms with Crippen molar-refractivity contribution >= 4 is 11.6 Å². The summed E-state index contributed by atoms with van der Waals surface area (Å²) in [6.45, 7) is 3.45. The van der Waals surface area contributed by atoms with Crippen LogP contribution >= 0.6 is 0 Å². The monoisotopic (exact) mass is 248 g/mol. The van der Waals surface area contributed by atoms with Crippen LogP contribution in [0, 0.1) is 6.92 Å². The maximum atomic E-state index is 12.0. The molecule has 0 saturated carbocycles. The number of carbonyl (C=O) groups excluding carboxylic acids is 1. The quantitative estimate of drug-likeness (QED) is 0.877. The Hall–Kier alpha value is -1.39. The molecule has 1 heterocycles. The van der Waals surface area contributed by atoms with Gasteiger partial charge in [-0.2, -0.15) is 0 Å². The van der Waals surface area contributed by atoms with Gasteiger partial charge in [-0.3, -0.25) is 4.79 Å². The molecule has 0 radical (unpaired) electrons. The fourth-order valence-electron chi connectivity index (χ4n) is 2.26. The van der Waals surface area contributed by atoms with E-state index in [-0.39, 0.29) is 18.6 Å². The molecule has 1 atom stereocenters. The van der Waals surface area contributed by atoms with Crippen molar-refractivity contribution in [3.05, 3.63) is 29.8 Å². The predicted octanol–water partition coefficient (Wildman–Crippen LogP) is 1.47. The number of hydrogen-bond acceptors (Lipinski definition) is 3. The van der Waals surface area contributed by atoms with Gasteiger partial charge < -0.3 is 15.4 Å². The third kappa shape index (κ3) is 2.89. The Morgan fingerprint density at radius 2 is 2.11 bits per heavy atom. The predicted molar refractivity (Wildman–Crippen MR) is 71.6 cm³/mol. The third-order valence-electron chi connectivity index (χ3n) is 3.22. The Morgan fingerprint density at radius 1 is 1.39 bits per heavy atom. The van der Waals surface area contributed by atoms with Crippen molar-refractivity contribution in [1.29, 1.82) is 0 Å². The molecule has 1 aliphatic heterocycles. The smallest absolute Gasteiger partial charge is 0.253 e. The summed E-state index contributed by atoms with van der Waals surface area (Å²) in [4.78, 5) is 13.9. The van der Waals surface area contributed by atoms with Crippen molar-refractivity contribution in [2.45, 2.75) is 25.8 Å². The molecule has 0 aliphatic carbocycles. The number of benzene rings is 1. The maximum Gasteiger partial charge on any atom is 0.253 e. The van der Waals surface area contributed by atoms with E-state index in [0.29, 0.717) is 13.2 Å². The highest BCUT2D eigenvalue weighted by atomic mass is 16.5. The highest BCUT2D eigenvalue weighted by molar-refractivity contribution is 5.95. The number of aryl methyl sites for hydroxylation is 1. The molecule has 1 unspecified atom stereocenters. The molecule has 98 valence electrons. The topological polar surface area (TPSA) is 55.6 Å². The number of amides is 1. The van der Waals surface area contributed by atoms with Gasteiger partial charge >= 0.3 is 0 Å². The van der Waals surface area contributed by atoms with Crippen LogP contribution in [0.25, 0.3) is 0 Å². The molecule has 4 nitrogen and oxygen atoms in total. The fourth-order valence-corrected chi connectivity index (χ4v) is 2.26. The standard InChI is InChI=1S/C14H20N2O2/c1-11-4-6-12(7-5-11)16-13(3-2-8-15)9-18-10-14(16)17/h4-7,13H,2-3,8-10,15H2,1H3. The molecule has 1 aliphatic rings. The van der Waals surface area contributed by atoms with Crippen LogP contribution in [0.1, 0.15) is 18.4 Å². The zero-order valence-electron chi connectivity index (χ0n) is 10.8. The number of anilines is 1. The number of hydrogen-bond donors (Lipinski definition) is 1. The Kier molecular flexibility index (Phi) is 4.33. The highest BCUT2D eigenvalue weighted by Gasteiger charge is 2.29. The van der Waals surface area contributed by atoms with Crippen molar-refractivity contribution in [3.8, 4) is 0 Å². The molecule has 1 amide bonds. The van der Waals surface area contributed by atoms with Crippen LogP contribution in [-0.4, -0.2) is 31.7 Å². The highest BCUT2D eigenvalue weighted by Crippen LogP contribution is 2.23. The van der Waals surface area contributed by atoms with Crippen molar-refractivity contribution in [3.63, 3.8) is 0 Å². The summed E-state index contributed by atoms with van der Waals surface area (Å²) in [6.07, 6.45) is 1.79. The van der Waals surface area contributed by atoms with Gasteiger partial charge in [0.1, 0.15) is 6.61 Å². The van der Waals surface area contributed by atoms with E-state index in [0.717, 1.165) is 18.5 Å². The SMILES string of the molecule is Cc1ccc(N2C(=O)COCC2CCCN)cc1. The number of nitrogens with two attached hydrogens (primary N) is 1. The molecule has 1 aromatic carbocycles. The third-order valence-corrected chi connectivity index (χ3v) is 3.22. The van der Waals surface area contributed by atoms with Crippen molar-refractivity contribution in [2.75, 3.05) is 24.7 Å². The molecule has 1 fully saturated rings. The fraction of sp³-hybridized carbons (Fsp3) is 0.500. The number of ether oxygens (including phenoxy) is 1. The second kappa shape index (κ2) is 5.98. The Morgan fingerprint density at radius 3 is 2.78 bits per heavy atom. The number of rotatable bonds is 4. The minimum Gasteiger partial charge on any atom is -0.369 e. The lowest BCUT2D eigenvalue weighted by molar-refractivity contribution is -0.127. The van der Waals surface area contributed by atoms with E-state index in [1.54, 1.807) is 0 Å². The Labute approximate surface area is 108 Å². The minimum absolute atomic E-state index is 0.0344. The van der Waals surface area contributed by atoms with Gasteiger partial charge in [-0.15, -0.1) is 0 Å². The lowest BCUT2D eigenvalue weighted by atomic mass is 10.1. The van der Waals surface area contributed by atoms with Gasteiger partial charge in [0.25, 0.3) is 5.91 Å². The van der Waals surface area contributed by atoms with E-state index < -0.39 is 0 Å². The van der Waals surface area contributed by atoms with Crippen LogP contribution in [0.15, 0.2) is 24.3 Å². The van der Waals surface area contributed by atoms with E-state index in [1.807, 2.05) is 36.1 Å². The summed E-state index contributed by atoms with van der Waals surface area (Å²) in [7, 11) is 0. The summed E-state index contributed by atoms with van der Waals surface area (Å²) in [5, 5.41) is 0. The van der Waals surface area contributed by atoms with Crippen molar-refractivity contribution < 1.29 is 9.53 Å². The molecular formula is C14H20N2O2. The molecule has 18 heavy (non-hydrogen) atoms. The van der Waals surface area contributed by atoms with Gasteiger partial charge in [0, 0.05) is 5.69 Å². The number of morpholine rings is 1. The summed E-state index contributed by atoms with van der Waals surface area (Å²) in [6, 6.07) is 8.15. The van der Waals surface area contributed by atoms with Crippen LogP contribution in [-0.2, 0) is 9.53 Å². The molecule has 0 spiro atoms. The molecule has 0 aromatic heterocycles. The molecule has 0 bridgehead atoms. The van der Waals surface area contributed by atoms with E-state index in [1.165, 1.54) is 5.56 Å². The average molecular weight is 248 g/mol. The van der Waals surface area contributed by atoms with E-state index in [2.05, 4.69) is 0 Å². The summed E-state index contributed by atoms with van der Waals surface area (Å²) >= 11 is 0. The summed E-state index contributed by atoms with van der Waals surface area (Å²) in [5.74, 6) is 0.0344. The van der Waals surface area contributed by atoms with Gasteiger partial charge in [0.2, 0.25) is 0 Å². The molecule has 2 rings (SSSR count). The lowest BCUT2D eigenvalue weighted by Gasteiger charge is -2.35. The number of nitrogens with zero attached hydrogens (tertiary/aromatic N) is 1. The molecule has 1 saturated heterocycles. The van der Waals surface area contributed by atoms with Gasteiger partial charge in [-0.05, 0) is 38.4 Å². The summed E-state index contributed by atoms with van der Waals surface area (Å²) in [5.41, 5.74) is 7.69. The van der Waals surface area contributed by atoms with Gasteiger partial charge in [-0.25, -0.2) is 0 Å². The Bertz CT molecular complexity index is 403. The first-order chi connectivity index (χ1) is 8.72. The van der Waals surface area contributed by atoms with Crippen LogP contribution in [0.5, 0.6) is 0 Å². The molecule has 1 aromatic rings. The van der Waals surface area contributed by atoms with Crippen molar-refractivity contribution in [1.82, 2.24) is 0 Å². The second-order valence-corrected chi connectivity index (χ2v) is 4.70. The van der Waals surface area contributed by atoms with Crippen molar-refractivity contribution in [2.24, 2.45) is 5.73 Å². The van der Waals surface area contributed by atoms with E-state index in [4.69, 9.17) is 10.5 Å². The van der Waals surface area contributed by atoms with E-state index in [9.17, 15) is 4.79 Å². The van der Waals surface area contributed by atoms with Gasteiger partial charge in [0.15, 0.2) is 0 Å². The summed E-state index contributed by atoms with van der Waals surface area (Å²) < 4.78 is 5.33. The first kappa shape index (κ1) is 13.1. The largest absolute Gasteiger partial charge is 0.369 e. The normalized spacial score (nSPS) is 20.2. The lowest BCUT2D eigenvalue weighted by Crippen LogP contribution is -2.49. The Balaban J connectivity index is 2.18. The maximum absolute atomic E-state index is 12.0. The van der Waals surface area contributed by atoms with E-state index >= 15 is 0 Å². The van der Waals surface area contributed by atoms with Crippen LogP contribution in [0.2, 0.25) is 0 Å². The number of carbonyl (C=O) groups is 1. The average Bonchev–Trinajstić information content (AvgIpc) is 2.38. The zero-order chi connectivity index (χ0) is 13.0. The van der Waals surface area contributed by atoms with Crippen LogP contribution < -0.4 is 10.6 Å². The first-order valence-corrected chi connectivity index (χ1v) is 6.39. The minimum atomic E-state index is 0.0344. The second-order valence-electron chi connectivity index (χ2n) is 4.70. The molecule has 4 heteroatoms. The van der Waals surface area contributed by atoms with Gasteiger partial charge in [0.05, 0.1) is 12.6 Å².